The fourth-order valence-corrected chi connectivity index (χ4v) is 2.44. The topological polar surface area (TPSA) is 45.9 Å². The molecule has 3 rings (SSSR count). The number of rotatable bonds is 4. The Morgan fingerprint density at radius 2 is 1.74 bits per heavy atom. The Kier molecular flexibility index (Phi) is 4.56. The van der Waals surface area contributed by atoms with Gasteiger partial charge in [-0.3, -0.25) is 4.98 Å². The van der Waals surface area contributed by atoms with Gasteiger partial charge in [-0.15, -0.1) is 0 Å². The Balaban J connectivity index is 1.76. The Hall–Kier alpha value is -2.83. The molecule has 0 unspecified atom stereocenters. The standard InChI is InChI=1S/C19H13ClN2O/c20-19-16(10-21)11-22-12-18(19)15-6-8-17(9-7-15)23-13-14-4-2-1-3-5-14/h1-9,11-12H,13H2. The molecule has 0 bridgehead atoms. The summed E-state index contributed by atoms with van der Waals surface area (Å²) in [5.41, 5.74) is 3.12. The summed E-state index contributed by atoms with van der Waals surface area (Å²) in [6.45, 7) is 0.520. The molecule has 0 atom stereocenters. The van der Waals surface area contributed by atoms with E-state index >= 15 is 0 Å². The van der Waals surface area contributed by atoms with Gasteiger partial charge in [0.05, 0.1) is 10.6 Å². The van der Waals surface area contributed by atoms with Crippen molar-refractivity contribution < 1.29 is 4.74 Å². The smallest absolute Gasteiger partial charge is 0.119 e. The van der Waals surface area contributed by atoms with Crippen LogP contribution >= 0.6 is 11.6 Å². The Morgan fingerprint density at radius 1 is 1.00 bits per heavy atom. The quantitative estimate of drug-likeness (QED) is 0.690. The molecule has 3 aromatic rings. The first kappa shape index (κ1) is 15.1. The molecule has 0 N–H and O–H groups in total. The maximum atomic E-state index is 9.02. The maximum Gasteiger partial charge on any atom is 0.119 e. The number of hydrogen-bond acceptors (Lipinski definition) is 3. The second-order valence-corrected chi connectivity index (χ2v) is 5.34. The van der Waals surface area contributed by atoms with Crippen molar-refractivity contribution in [2.24, 2.45) is 0 Å². The van der Waals surface area contributed by atoms with Crippen molar-refractivity contribution in [2.45, 2.75) is 6.61 Å². The zero-order valence-electron chi connectivity index (χ0n) is 12.2. The zero-order valence-corrected chi connectivity index (χ0v) is 13.0. The third-order valence-electron chi connectivity index (χ3n) is 3.41. The summed E-state index contributed by atoms with van der Waals surface area (Å²) in [6, 6.07) is 19.6. The molecule has 0 radical (unpaired) electrons. The van der Waals surface area contributed by atoms with Crippen molar-refractivity contribution in [3.63, 3.8) is 0 Å². The highest BCUT2D eigenvalue weighted by molar-refractivity contribution is 6.34. The maximum absolute atomic E-state index is 9.02. The predicted molar refractivity (Wildman–Crippen MR) is 90.2 cm³/mol. The van der Waals surface area contributed by atoms with Crippen LogP contribution in [0.4, 0.5) is 0 Å². The molecule has 0 fully saturated rings. The molecule has 0 aliphatic heterocycles. The summed E-state index contributed by atoms with van der Waals surface area (Å²) in [6.07, 6.45) is 3.12. The number of nitrogens with zero attached hydrogens (tertiary/aromatic N) is 2. The Morgan fingerprint density at radius 3 is 2.43 bits per heavy atom. The van der Waals surface area contributed by atoms with E-state index in [0.717, 1.165) is 22.4 Å². The molecule has 23 heavy (non-hydrogen) atoms. The van der Waals surface area contributed by atoms with Crippen molar-refractivity contribution in [3.05, 3.63) is 83.1 Å². The molecule has 0 aliphatic rings. The van der Waals surface area contributed by atoms with Crippen LogP contribution in [0, 0.1) is 11.3 Å². The fraction of sp³-hybridized carbons (Fsp3) is 0.0526. The van der Waals surface area contributed by atoms with Gasteiger partial charge in [-0.25, -0.2) is 0 Å². The molecule has 112 valence electrons. The number of hydrogen-bond donors (Lipinski definition) is 0. The highest BCUT2D eigenvalue weighted by Crippen LogP contribution is 2.30. The normalized spacial score (nSPS) is 10.1. The minimum absolute atomic E-state index is 0.369. The lowest BCUT2D eigenvalue weighted by molar-refractivity contribution is 0.306. The SMILES string of the molecule is N#Cc1cncc(-c2ccc(OCc3ccccc3)cc2)c1Cl. The molecule has 0 saturated heterocycles. The van der Waals surface area contributed by atoms with Crippen LogP contribution in [0.15, 0.2) is 67.0 Å². The Bertz CT molecular complexity index is 839. The minimum atomic E-state index is 0.369. The van der Waals surface area contributed by atoms with E-state index in [1.165, 1.54) is 6.20 Å². The van der Waals surface area contributed by atoms with Gasteiger partial charge in [0.15, 0.2) is 0 Å². The van der Waals surface area contributed by atoms with Crippen LogP contribution in [0.2, 0.25) is 5.02 Å². The number of nitriles is 1. The lowest BCUT2D eigenvalue weighted by atomic mass is 10.1. The van der Waals surface area contributed by atoms with Gasteiger partial charge in [-0.1, -0.05) is 54.1 Å². The first-order valence-electron chi connectivity index (χ1n) is 7.08. The summed E-state index contributed by atoms with van der Waals surface area (Å²) in [7, 11) is 0. The van der Waals surface area contributed by atoms with Gasteiger partial charge in [0.1, 0.15) is 18.4 Å². The van der Waals surface area contributed by atoms with E-state index in [1.54, 1.807) is 6.20 Å². The fourth-order valence-electron chi connectivity index (χ4n) is 2.20. The zero-order chi connectivity index (χ0) is 16.1. The molecule has 0 aliphatic carbocycles. The monoisotopic (exact) mass is 320 g/mol. The average Bonchev–Trinajstić information content (AvgIpc) is 2.62. The van der Waals surface area contributed by atoms with Crippen LogP contribution in [0.1, 0.15) is 11.1 Å². The predicted octanol–water partition coefficient (Wildman–Crippen LogP) is 4.85. The van der Waals surface area contributed by atoms with E-state index in [2.05, 4.69) is 4.98 Å². The van der Waals surface area contributed by atoms with Gasteiger partial charge < -0.3 is 4.74 Å². The van der Waals surface area contributed by atoms with Gasteiger partial charge >= 0.3 is 0 Å². The second-order valence-electron chi connectivity index (χ2n) is 4.96. The molecular formula is C19H13ClN2O. The average molecular weight is 321 g/mol. The molecule has 0 spiro atoms. The molecule has 1 aromatic heterocycles. The highest BCUT2D eigenvalue weighted by Gasteiger charge is 2.08. The Labute approximate surface area is 139 Å². The molecular weight excluding hydrogens is 308 g/mol. The first-order chi connectivity index (χ1) is 11.3. The van der Waals surface area contributed by atoms with Crippen molar-refractivity contribution >= 4 is 11.6 Å². The summed E-state index contributed by atoms with van der Waals surface area (Å²) >= 11 is 6.23. The van der Waals surface area contributed by atoms with E-state index in [-0.39, 0.29) is 0 Å². The minimum Gasteiger partial charge on any atom is -0.489 e. The summed E-state index contributed by atoms with van der Waals surface area (Å²) in [5, 5.41) is 9.43. The van der Waals surface area contributed by atoms with E-state index in [4.69, 9.17) is 21.6 Å². The lowest BCUT2D eigenvalue weighted by Crippen LogP contribution is -1.94. The van der Waals surface area contributed by atoms with Gasteiger partial charge in [0.25, 0.3) is 0 Å². The molecule has 2 aromatic carbocycles. The number of benzene rings is 2. The number of ether oxygens (including phenoxy) is 1. The molecule has 3 nitrogen and oxygen atoms in total. The van der Waals surface area contributed by atoms with Crippen LogP contribution < -0.4 is 4.74 Å². The van der Waals surface area contributed by atoms with E-state index < -0.39 is 0 Å². The molecule has 0 saturated carbocycles. The van der Waals surface area contributed by atoms with Crippen LogP contribution in [0.3, 0.4) is 0 Å². The van der Waals surface area contributed by atoms with Gasteiger partial charge in [-0.05, 0) is 23.3 Å². The van der Waals surface area contributed by atoms with Crippen molar-refractivity contribution in [2.75, 3.05) is 0 Å². The van der Waals surface area contributed by atoms with Gasteiger partial charge in [-0.2, -0.15) is 5.26 Å². The number of pyridine rings is 1. The van der Waals surface area contributed by atoms with E-state index in [9.17, 15) is 0 Å². The highest BCUT2D eigenvalue weighted by atomic mass is 35.5. The summed E-state index contributed by atoms with van der Waals surface area (Å²) in [5.74, 6) is 0.776. The lowest BCUT2D eigenvalue weighted by Gasteiger charge is -2.08. The first-order valence-corrected chi connectivity index (χ1v) is 7.46. The largest absolute Gasteiger partial charge is 0.489 e. The van der Waals surface area contributed by atoms with E-state index in [1.807, 2.05) is 60.7 Å². The van der Waals surface area contributed by atoms with Crippen LogP contribution in [-0.4, -0.2) is 4.98 Å². The van der Waals surface area contributed by atoms with E-state index in [0.29, 0.717) is 17.2 Å². The van der Waals surface area contributed by atoms with Gasteiger partial charge in [0, 0.05) is 18.0 Å². The molecule has 1 heterocycles. The summed E-state index contributed by atoms with van der Waals surface area (Å²) < 4.78 is 5.76. The second kappa shape index (κ2) is 6.95. The third kappa shape index (κ3) is 3.50. The third-order valence-corrected chi connectivity index (χ3v) is 3.82. The number of halogens is 1. The van der Waals surface area contributed by atoms with Crippen molar-refractivity contribution in [3.8, 4) is 22.9 Å². The number of aromatic nitrogens is 1. The molecule has 0 amide bonds. The molecule has 4 heteroatoms. The summed E-state index contributed by atoms with van der Waals surface area (Å²) in [4.78, 5) is 4.05. The van der Waals surface area contributed by atoms with Crippen LogP contribution in [0.25, 0.3) is 11.1 Å². The van der Waals surface area contributed by atoms with Crippen LogP contribution in [-0.2, 0) is 6.61 Å². The van der Waals surface area contributed by atoms with Crippen LogP contribution in [0.5, 0.6) is 5.75 Å². The van der Waals surface area contributed by atoms with Crippen molar-refractivity contribution in [1.82, 2.24) is 4.98 Å². The van der Waals surface area contributed by atoms with Crippen molar-refractivity contribution in [1.29, 1.82) is 5.26 Å². The van der Waals surface area contributed by atoms with Gasteiger partial charge in [0.2, 0.25) is 0 Å².